The fourth-order valence-electron chi connectivity index (χ4n) is 3.71. The maximum Gasteiger partial charge on any atom is 0.323 e. The van der Waals surface area contributed by atoms with Crippen molar-refractivity contribution >= 4 is 44.9 Å². The summed E-state index contributed by atoms with van der Waals surface area (Å²) in [5.74, 6) is -1.14. The number of rotatable bonds is 11. The summed E-state index contributed by atoms with van der Waals surface area (Å²) in [6.07, 6.45) is 0.973. The van der Waals surface area contributed by atoms with E-state index >= 15 is 0 Å². The van der Waals surface area contributed by atoms with Gasteiger partial charge in [0.05, 0.1) is 33.0 Å². The zero-order valence-electron chi connectivity index (χ0n) is 22.0. The van der Waals surface area contributed by atoms with Crippen molar-refractivity contribution in [2.45, 2.75) is 27.1 Å². The number of thiophene rings is 1. The first-order valence-corrected chi connectivity index (χ1v) is 13.3. The van der Waals surface area contributed by atoms with Crippen LogP contribution in [0, 0.1) is 18.6 Å². The zero-order chi connectivity index (χ0) is 28.6. The van der Waals surface area contributed by atoms with E-state index in [1.165, 1.54) is 41.8 Å². The molecule has 40 heavy (non-hydrogen) atoms. The molecule has 0 saturated carbocycles. The molecule has 2 heterocycles. The van der Waals surface area contributed by atoms with E-state index in [-0.39, 0.29) is 29.6 Å². The molecular weight excluding hydrogens is 542 g/mol. The zero-order valence-corrected chi connectivity index (χ0v) is 22.9. The number of hydrogen-bond acceptors (Lipinski definition) is 7. The highest BCUT2D eigenvalue weighted by molar-refractivity contribution is 7.21. The molecule has 12 heteroatoms. The number of aryl methyl sites for hydroxylation is 1. The first-order chi connectivity index (χ1) is 19.3. The van der Waals surface area contributed by atoms with Crippen LogP contribution in [0.2, 0.25) is 0 Å². The maximum absolute atomic E-state index is 14.8. The molecule has 9 nitrogen and oxygen atoms in total. The SMILES string of the molecule is CCOC(CNC(=O)c1cc2nccc(Oc3ccc(NC(=O)Nc4cc(C)ccc4F)c(F)c3)c2s1)OCC. The molecule has 4 aromatic rings. The molecule has 3 N–H and O–H groups in total. The van der Waals surface area contributed by atoms with Gasteiger partial charge in [-0.1, -0.05) is 6.07 Å². The third kappa shape index (κ3) is 7.29. The summed E-state index contributed by atoms with van der Waals surface area (Å²) in [6, 6.07) is 10.6. The van der Waals surface area contributed by atoms with Crippen LogP contribution in [0.15, 0.2) is 54.7 Å². The molecule has 0 saturated heterocycles. The van der Waals surface area contributed by atoms with Gasteiger partial charge in [-0.25, -0.2) is 13.6 Å². The van der Waals surface area contributed by atoms with Crippen molar-refractivity contribution < 1.29 is 32.6 Å². The fourth-order valence-corrected chi connectivity index (χ4v) is 4.69. The summed E-state index contributed by atoms with van der Waals surface area (Å²) in [5, 5.41) is 7.52. The van der Waals surface area contributed by atoms with Gasteiger partial charge in [-0.15, -0.1) is 11.3 Å². The van der Waals surface area contributed by atoms with Crippen molar-refractivity contribution in [3.63, 3.8) is 0 Å². The van der Waals surface area contributed by atoms with E-state index in [4.69, 9.17) is 14.2 Å². The Balaban J connectivity index is 1.43. The number of carbonyl (C=O) groups excluding carboxylic acids is 2. The lowest BCUT2D eigenvalue weighted by atomic mass is 10.2. The van der Waals surface area contributed by atoms with E-state index < -0.39 is 24.0 Å². The van der Waals surface area contributed by atoms with Gasteiger partial charge in [0.2, 0.25) is 0 Å². The molecule has 0 radical (unpaired) electrons. The number of pyridine rings is 1. The molecule has 2 aromatic heterocycles. The second-order valence-corrected chi connectivity index (χ2v) is 9.54. The van der Waals surface area contributed by atoms with Crippen LogP contribution in [-0.2, 0) is 9.47 Å². The van der Waals surface area contributed by atoms with Gasteiger partial charge in [-0.05, 0) is 56.7 Å². The minimum absolute atomic E-state index is 0.0213. The number of nitrogens with zero attached hydrogens (tertiary/aromatic N) is 1. The molecule has 0 aliphatic carbocycles. The second kappa shape index (κ2) is 13.3. The number of halogens is 2. The molecule has 0 atom stereocenters. The monoisotopic (exact) mass is 570 g/mol. The van der Waals surface area contributed by atoms with Crippen LogP contribution in [0.3, 0.4) is 0 Å². The van der Waals surface area contributed by atoms with Crippen molar-refractivity contribution in [2.75, 3.05) is 30.4 Å². The van der Waals surface area contributed by atoms with E-state index in [0.29, 0.717) is 34.1 Å². The third-order valence-corrected chi connectivity index (χ3v) is 6.66. The number of anilines is 2. The molecule has 4 rings (SSSR count). The molecule has 0 aliphatic rings. The van der Waals surface area contributed by atoms with Crippen molar-refractivity contribution in [1.82, 2.24) is 10.3 Å². The van der Waals surface area contributed by atoms with Gasteiger partial charge >= 0.3 is 6.03 Å². The number of amides is 3. The Morgan fingerprint density at radius 3 is 2.42 bits per heavy atom. The van der Waals surface area contributed by atoms with Crippen molar-refractivity contribution in [2.24, 2.45) is 0 Å². The summed E-state index contributed by atoms with van der Waals surface area (Å²) < 4.78 is 46.1. The van der Waals surface area contributed by atoms with Gasteiger partial charge in [0.15, 0.2) is 6.29 Å². The van der Waals surface area contributed by atoms with Gasteiger partial charge in [-0.2, -0.15) is 0 Å². The van der Waals surface area contributed by atoms with Gasteiger partial charge in [0, 0.05) is 31.5 Å². The van der Waals surface area contributed by atoms with Crippen LogP contribution in [0.1, 0.15) is 29.1 Å². The molecule has 3 amide bonds. The van der Waals surface area contributed by atoms with Crippen LogP contribution in [0.5, 0.6) is 11.5 Å². The Labute approximate surface area is 233 Å². The third-order valence-electron chi connectivity index (χ3n) is 5.52. The average Bonchev–Trinajstić information content (AvgIpc) is 3.37. The summed E-state index contributed by atoms with van der Waals surface area (Å²) in [5.41, 5.74) is 1.15. The molecule has 2 aromatic carbocycles. The summed E-state index contributed by atoms with van der Waals surface area (Å²) in [7, 11) is 0. The first kappa shape index (κ1) is 28.9. The molecular formula is C28H28F2N4O5S. The molecule has 0 bridgehead atoms. The van der Waals surface area contributed by atoms with Crippen molar-refractivity contribution in [3.8, 4) is 11.5 Å². The van der Waals surface area contributed by atoms with Gasteiger partial charge in [0.25, 0.3) is 5.91 Å². The lowest BCUT2D eigenvalue weighted by Gasteiger charge is -2.17. The number of ether oxygens (including phenoxy) is 3. The van der Waals surface area contributed by atoms with E-state index in [1.54, 1.807) is 25.1 Å². The van der Waals surface area contributed by atoms with Crippen LogP contribution in [-0.4, -0.2) is 43.0 Å². The molecule has 0 fully saturated rings. The number of urea groups is 1. The topological polar surface area (TPSA) is 111 Å². The minimum Gasteiger partial charge on any atom is -0.456 e. The Kier molecular flexibility index (Phi) is 9.59. The second-order valence-electron chi connectivity index (χ2n) is 8.49. The first-order valence-electron chi connectivity index (χ1n) is 12.5. The highest BCUT2D eigenvalue weighted by Gasteiger charge is 2.17. The van der Waals surface area contributed by atoms with E-state index in [9.17, 15) is 18.4 Å². The Bertz CT molecular complexity index is 1510. The van der Waals surface area contributed by atoms with Crippen LogP contribution >= 0.6 is 11.3 Å². The van der Waals surface area contributed by atoms with Gasteiger partial charge < -0.3 is 30.2 Å². The Hall–Kier alpha value is -4.13. The molecule has 0 aliphatic heterocycles. The lowest BCUT2D eigenvalue weighted by Crippen LogP contribution is -2.35. The van der Waals surface area contributed by atoms with Gasteiger partial charge in [0.1, 0.15) is 23.1 Å². The summed E-state index contributed by atoms with van der Waals surface area (Å²) in [4.78, 5) is 29.7. The lowest BCUT2D eigenvalue weighted by molar-refractivity contribution is -0.131. The van der Waals surface area contributed by atoms with Gasteiger partial charge in [-0.3, -0.25) is 9.78 Å². The van der Waals surface area contributed by atoms with Crippen LogP contribution in [0.4, 0.5) is 25.0 Å². The predicted octanol–water partition coefficient (Wildman–Crippen LogP) is 6.45. The number of nitrogens with one attached hydrogen (secondary N) is 3. The normalized spacial score (nSPS) is 11.1. The van der Waals surface area contributed by atoms with E-state index in [2.05, 4.69) is 20.9 Å². The largest absolute Gasteiger partial charge is 0.456 e. The number of hydrogen-bond donors (Lipinski definition) is 3. The standard InChI is InChI=1S/C28H28F2N4O5S/c1-4-37-25(38-5-2)15-32-27(35)24-14-22-26(40-24)23(10-11-31-22)39-17-7-9-20(19(30)13-17)33-28(36)34-21-12-16(3)6-8-18(21)29/h6-14,25H,4-5,15H2,1-3H3,(H,32,35)(H2,33,34,36). The number of fused-ring (bicyclic) bond motifs is 1. The average molecular weight is 571 g/mol. The highest BCUT2D eigenvalue weighted by atomic mass is 32.1. The molecule has 0 unspecified atom stereocenters. The highest BCUT2D eigenvalue weighted by Crippen LogP contribution is 2.35. The Morgan fingerprint density at radius 2 is 1.70 bits per heavy atom. The van der Waals surface area contributed by atoms with E-state index in [0.717, 1.165) is 11.6 Å². The van der Waals surface area contributed by atoms with E-state index in [1.807, 2.05) is 13.8 Å². The summed E-state index contributed by atoms with van der Waals surface area (Å²) >= 11 is 1.18. The number of benzene rings is 2. The molecule has 210 valence electrons. The number of carbonyl (C=O) groups is 2. The van der Waals surface area contributed by atoms with Crippen molar-refractivity contribution in [3.05, 3.63) is 76.8 Å². The van der Waals surface area contributed by atoms with Crippen LogP contribution in [0.25, 0.3) is 10.2 Å². The van der Waals surface area contributed by atoms with Crippen molar-refractivity contribution in [1.29, 1.82) is 0 Å². The summed E-state index contributed by atoms with van der Waals surface area (Å²) in [6.45, 7) is 6.52. The smallest absolute Gasteiger partial charge is 0.323 e. The maximum atomic E-state index is 14.8. The quantitative estimate of drug-likeness (QED) is 0.179. The minimum atomic E-state index is -0.800. The molecule has 0 spiro atoms. The Morgan fingerprint density at radius 1 is 0.950 bits per heavy atom. The van der Waals surface area contributed by atoms with Crippen LogP contribution < -0.4 is 20.7 Å². The predicted molar refractivity (Wildman–Crippen MR) is 149 cm³/mol. The fraction of sp³-hybridized carbons (Fsp3) is 0.250. The number of aromatic nitrogens is 1.